The first-order chi connectivity index (χ1) is 6.09. The van der Waals surface area contributed by atoms with E-state index in [1.807, 2.05) is 0 Å². The zero-order valence-electron chi connectivity index (χ0n) is 8.33. The number of nitrogens with two attached hydrogens (primary N) is 2. The molecule has 3 heteroatoms. The number of rotatable bonds is 3. The summed E-state index contributed by atoms with van der Waals surface area (Å²) < 4.78 is 0. The van der Waals surface area contributed by atoms with Crippen LogP contribution in [0.2, 0.25) is 0 Å². The van der Waals surface area contributed by atoms with Crippen molar-refractivity contribution in [1.29, 1.82) is 0 Å². The minimum Gasteiger partial charge on any atom is -0.370 e. The van der Waals surface area contributed by atoms with Gasteiger partial charge in [-0.1, -0.05) is 19.8 Å². The Labute approximate surface area is 79.9 Å². The summed E-state index contributed by atoms with van der Waals surface area (Å²) in [5, 5.41) is 0. The maximum Gasteiger partial charge on any atom is 0.218 e. The molecule has 13 heavy (non-hydrogen) atoms. The summed E-state index contributed by atoms with van der Waals surface area (Å²) in [5.74, 6) is 1.08. The Morgan fingerprint density at radius 2 is 1.92 bits per heavy atom. The van der Waals surface area contributed by atoms with Crippen LogP contribution in [0.4, 0.5) is 0 Å². The summed E-state index contributed by atoms with van der Waals surface area (Å²) >= 11 is 0. The molecule has 1 fully saturated rings. The highest BCUT2D eigenvalue weighted by atomic mass is 16.1. The van der Waals surface area contributed by atoms with E-state index in [9.17, 15) is 4.79 Å². The molecule has 1 aliphatic rings. The quantitative estimate of drug-likeness (QED) is 0.687. The molecular formula is C10H20N2O. The van der Waals surface area contributed by atoms with E-state index in [4.69, 9.17) is 11.5 Å². The third-order valence-electron chi connectivity index (χ3n) is 3.10. The number of primary amides is 1. The lowest BCUT2D eigenvalue weighted by Crippen LogP contribution is -2.36. The standard InChI is InChI=1S/C10H20N2O/c1-7-2-4-8(5-3-7)9(11)6-10(12)13/h7-9H,2-6,11H2,1H3,(H2,12,13). The smallest absolute Gasteiger partial charge is 0.218 e. The molecule has 1 rings (SSSR count). The normalized spacial score (nSPS) is 31.2. The van der Waals surface area contributed by atoms with E-state index < -0.39 is 0 Å². The molecule has 0 aromatic rings. The van der Waals surface area contributed by atoms with Gasteiger partial charge < -0.3 is 11.5 Å². The molecule has 76 valence electrons. The third kappa shape index (κ3) is 3.35. The van der Waals surface area contributed by atoms with Gasteiger partial charge in [0.1, 0.15) is 0 Å². The molecule has 0 aliphatic heterocycles. The van der Waals surface area contributed by atoms with Gasteiger partial charge in [-0.15, -0.1) is 0 Å². The third-order valence-corrected chi connectivity index (χ3v) is 3.10. The van der Waals surface area contributed by atoms with E-state index in [1.54, 1.807) is 0 Å². The molecule has 4 N–H and O–H groups in total. The van der Waals surface area contributed by atoms with Gasteiger partial charge in [-0.3, -0.25) is 4.79 Å². The van der Waals surface area contributed by atoms with Gasteiger partial charge in [0.2, 0.25) is 5.91 Å². The summed E-state index contributed by atoms with van der Waals surface area (Å²) in [6.45, 7) is 2.27. The van der Waals surface area contributed by atoms with Crippen molar-refractivity contribution in [2.75, 3.05) is 0 Å². The highest BCUT2D eigenvalue weighted by Crippen LogP contribution is 2.30. The lowest BCUT2D eigenvalue weighted by atomic mass is 9.78. The first-order valence-electron chi connectivity index (χ1n) is 5.13. The molecule has 0 bridgehead atoms. The molecule has 0 aromatic carbocycles. The van der Waals surface area contributed by atoms with Crippen LogP contribution in [-0.2, 0) is 4.79 Å². The van der Waals surface area contributed by atoms with Crippen LogP contribution in [0.15, 0.2) is 0 Å². The van der Waals surface area contributed by atoms with E-state index in [2.05, 4.69) is 6.92 Å². The first-order valence-corrected chi connectivity index (χ1v) is 5.13. The average molecular weight is 184 g/mol. The maximum absolute atomic E-state index is 10.7. The Morgan fingerprint density at radius 3 is 2.38 bits per heavy atom. The lowest BCUT2D eigenvalue weighted by Gasteiger charge is -2.29. The van der Waals surface area contributed by atoms with Crippen molar-refractivity contribution >= 4 is 5.91 Å². The zero-order valence-corrected chi connectivity index (χ0v) is 8.33. The Kier molecular flexibility index (Phi) is 3.72. The van der Waals surface area contributed by atoms with E-state index >= 15 is 0 Å². The molecule has 1 unspecified atom stereocenters. The predicted octanol–water partition coefficient (Wildman–Crippen LogP) is 1.02. The van der Waals surface area contributed by atoms with Gasteiger partial charge in [-0.2, -0.15) is 0 Å². The van der Waals surface area contributed by atoms with Gasteiger partial charge in [0.15, 0.2) is 0 Å². The molecule has 0 aromatic heterocycles. The van der Waals surface area contributed by atoms with Crippen molar-refractivity contribution in [2.24, 2.45) is 23.3 Å². The van der Waals surface area contributed by atoms with E-state index in [-0.39, 0.29) is 11.9 Å². The SMILES string of the molecule is CC1CCC(C(N)CC(N)=O)CC1. The first kappa shape index (κ1) is 10.5. The molecule has 3 nitrogen and oxygen atoms in total. The van der Waals surface area contributed by atoms with Crippen molar-refractivity contribution in [3.63, 3.8) is 0 Å². The van der Waals surface area contributed by atoms with Crippen LogP contribution >= 0.6 is 0 Å². The van der Waals surface area contributed by atoms with Gasteiger partial charge in [-0.25, -0.2) is 0 Å². The van der Waals surface area contributed by atoms with Gasteiger partial charge >= 0.3 is 0 Å². The van der Waals surface area contributed by atoms with Crippen molar-refractivity contribution in [1.82, 2.24) is 0 Å². The summed E-state index contributed by atoms with van der Waals surface area (Å²) in [7, 11) is 0. The summed E-state index contributed by atoms with van der Waals surface area (Å²) in [6, 6.07) is -0.00926. The number of carbonyl (C=O) groups is 1. The second-order valence-corrected chi connectivity index (χ2v) is 4.35. The molecule has 1 saturated carbocycles. The summed E-state index contributed by atoms with van der Waals surface area (Å²) in [6.07, 6.45) is 5.17. The fraction of sp³-hybridized carbons (Fsp3) is 0.900. The highest BCUT2D eigenvalue weighted by molar-refractivity contribution is 5.74. The van der Waals surface area contributed by atoms with E-state index in [1.165, 1.54) is 12.8 Å². The number of amides is 1. The molecule has 0 heterocycles. The summed E-state index contributed by atoms with van der Waals surface area (Å²) in [4.78, 5) is 10.7. The van der Waals surface area contributed by atoms with Crippen LogP contribution in [0, 0.1) is 11.8 Å². The fourth-order valence-corrected chi connectivity index (χ4v) is 2.11. The van der Waals surface area contributed by atoms with Crippen molar-refractivity contribution in [3.8, 4) is 0 Å². The molecule has 0 saturated heterocycles. The van der Waals surface area contributed by atoms with Crippen molar-refractivity contribution in [3.05, 3.63) is 0 Å². The topological polar surface area (TPSA) is 69.1 Å². The Hall–Kier alpha value is -0.570. The minimum atomic E-state index is -0.272. The number of carbonyl (C=O) groups excluding carboxylic acids is 1. The largest absolute Gasteiger partial charge is 0.370 e. The van der Waals surface area contributed by atoms with Gasteiger partial charge in [0.05, 0.1) is 0 Å². The Morgan fingerprint density at radius 1 is 1.38 bits per heavy atom. The van der Waals surface area contributed by atoms with Gasteiger partial charge in [-0.05, 0) is 24.7 Å². The van der Waals surface area contributed by atoms with Gasteiger partial charge in [0.25, 0.3) is 0 Å². The lowest BCUT2D eigenvalue weighted by molar-refractivity contribution is -0.118. The monoisotopic (exact) mass is 184 g/mol. The Balaban J connectivity index is 2.31. The predicted molar refractivity (Wildman–Crippen MR) is 52.9 cm³/mol. The molecule has 0 radical (unpaired) electrons. The molecule has 1 atom stereocenters. The summed E-state index contributed by atoms with van der Waals surface area (Å²) in [5.41, 5.74) is 11.0. The van der Waals surface area contributed by atoms with Crippen molar-refractivity contribution < 1.29 is 4.79 Å². The zero-order chi connectivity index (χ0) is 9.84. The highest BCUT2D eigenvalue weighted by Gasteiger charge is 2.24. The van der Waals surface area contributed by atoms with Crippen molar-refractivity contribution in [2.45, 2.75) is 45.1 Å². The van der Waals surface area contributed by atoms with Crippen LogP contribution in [0.3, 0.4) is 0 Å². The number of hydrogen-bond acceptors (Lipinski definition) is 2. The molecule has 0 spiro atoms. The van der Waals surface area contributed by atoms with E-state index in [0.717, 1.165) is 18.8 Å². The van der Waals surface area contributed by atoms with Crippen LogP contribution in [-0.4, -0.2) is 11.9 Å². The maximum atomic E-state index is 10.7. The van der Waals surface area contributed by atoms with Crippen LogP contribution < -0.4 is 11.5 Å². The molecule has 1 amide bonds. The van der Waals surface area contributed by atoms with Crippen LogP contribution in [0.1, 0.15) is 39.0 Å². The molecule has 1 aliphatic carbocycles. The minimum absolute atomic E-state index is 0.00926. The van der Waals surface area contributed by atoms with Crippen LogP contribution in [0.5, 0.6) is 0 Å². The van der Waals surface area contributed by atoms with Gasteiger partial charge in [0, 0.05) is 12.5 Å². The molecular weight excluding hydrogens is 164 g/mol. The average Bonchev–Trinajstić information content (AvgIpc) is 2.04. The fourth-order valence-electron chi connectivity index (χ4n) is 2.11. The second-order valence-electron chi connectivity index (χ2n) is 4.35. The second kappa shape index (κ2) is 4.61. The van der Waals surface area contributed by atoms with E-state index in [0.29, 0.717) is 12.3 Å². The number of hydrogen-bond donors (Lipinski definition) is 2. The Bertz CT molecular complexity index is 174. The van der Waals surface area contributed by atoms with Crippen LogP contribution in [0.25, 0.3) is 0 Å².